The molecule has 0 saturated carbocycles. The van der Waals surface area contributed by atoms with Crippen LogP contribution in [0, 0.1) is 5.82 Å². The molecule has 0 spiro atoms. The predicted molar refractivity (Wildman–Crippen MR) is 78.4 cm³/mol. The van der Waals surface area contributed by atoms with Crippen molar-refractivity contribution in [1.29, 1.82) is 0 Å². The van der Waals surface area contributed by atoms with Gasteiger partial charge in [-0.25, -0.2) is 9.37 Å². The second kappa shape index (κ2) is 6.99. The normalized spacial score (nSPS) is 23.1. The largest absolute Gasteiger partial charge is 0.375 e. The van der Waals surface area contributed by atoms with Gasteiger partial charge in [-0.2, -0.15) is 0 Å². The van der Waals surface area contributed by atoms with Gasteiger partial charge >= 0.3 is 0 Å². The number of hydrogen-bond acceptors (Lipinski definition) is 4. The SMILES string of the molecule is CCCNCc1ccnc(N2CC(C)OCC2C)c1F. The lowest BCUT2D eigenvalue weighted by molar-refractivity contribution is 0.0337. The number of aromatic nitrogens is 1. The fraction of sp³-hybridized carbons (Fsp3) is 0.667. The number of halogens is 1. The van der Waals surface area contributed by atoms with Crippen molar-refractivity contribution in [2.75, 3.05) is 24.6 Å². The standard InChI is InChI=1S/C15H24FN3O/c1-4-6-17-8-13-5-7-18-15(14(13)16)19-9-12(3)20-10-11(19)2/h5,7,11-12,17H,4,6,8-10H2,1-3H3. The van der Waals surface area contributed by atoms with Gasteiger partial charge in [0.05, 0.1) is 18.8 Å². The minimum absolute atomic E-state index is 0.106. The Labute approximate surface area is 120 Å². The monoisotopic (exact) mass is 281 g/mol. The van der Waals surface area contributed by atoms with Gasteiger partial charge in [-0.3, -0.25) is 0 Å². The molecular formula is C15H24FN3O. The van der Waals surface area contributed by atoms with E-state index in [2.05, 4.69) is 17.2 Å². The maximum absolute atomic E-state index is 14.6. The summed E-state index contributed by atoms with van der Waals surface area (Å²) in [6.45, 7) is 8.86. The number of morpholine rings is 1. The van der Waals surface area contributed by atoms with Crippen LogP contribution in [0.25, 0.3) is 0 Å². The van der Waals surface area contributed by atoms with E-state index in [1.165, 1.54) is 0 Å². The van der Waals surface area contributed by atoms with E-state index in [9.17, 15) is 4.39 Å². The highest BCUT2D eigenvalue weighted by molar-refractivity contribution is 5.44. The van der Waals surface area contributed by atoms with E-state index in [1.54, 1.807) is 12.3 Å². The van der Waals surface area contributed by atoms with Gasteiger partial charge in [-0.05, 0) is 32.9 Å². The van der Waals surface area contributed by atoms with Gasteiger partial charge in [-0.15, -0.1) is 0 Å². The predicted octanol–water partition coefficient (Wildman–Crippen LogP) is 2.33. The Morgan fingerprint density at radius 2 is 2.30 bits per heavy atom. The zero-order valence-corrected chi connectivity index (χ0v) is 12.5. The molecule has 2 atom stereocenters. The number of nitrogens with zero attached hydrogens (tertiary/aromatic N) is 2. The Balaban J connectivity index is 2.16. The average Bonchev–Trinajstić information content (AvgIpc) is 2.44. The molecule has 112 valence electrons. The molecule has 1 fully saturated rings. The lowest BCUT2D eigenvalue weighted by atomic mass is 10.1. The van der Waals surface area contributed by atoms with E-state index < -0.39 is 0 Å². The summed E-state index contributed by atoms with van der Waals surface area (Å²) in [6, 6.07) is 1.89. The van der Waals surface area contributed by atoms with Gasteiger partial charge in [0.2, 0.25) is 0 Å². The fourth-order valence-electron chi connectivity index (χ4n) is 2.41. The van der Waals surface area contributed by atoms with Crippen LogP contribution in [-0.4, -0.2) is 36.8 Å². The fourth-order valence-corrected chi connectivity index (χ4v) is 2.41. The summed E-state index contributed by atoms with van der Waals surface area (Å²) in [5.74, 6) is 0.237. The van der Waals surface area contributed by atoms with Crippen LogP contribution >= 0.6 is 0 Å². The summed E-state index contributed by atoms with van der Waals surface area (Å²) in [5, 5.41) is 3.23. The Morgan fingerprint density at radius 3 is 3.05 bits per heavy atom. The third kappa shape index (κ3) is 3.46. The molecule has 1 saturated heterocycles. The molecule has 1 N–H and O–H groups in total. The highest BCUT2D eigenvalue weighted by Gasteiger charge is 2.27. The van der Waals surface area contributed by atoms with Gasteiger partial charge < -0.3 is 15.0 Å². The number of anilines is 1. The highest BCUT2D eigenvalue weighted by Crippen LogP contribution is 2.24. The maximum Gasteiger partial charge on any atom is 0.170 e. The average molecular weight is 281 g/mol. The van der Waals surface area contributed by atoms with Gasteiger partial charge in [0.25, 0.3) is 0 Å². The Kier molecular flexibility index (Phi) is 5.31. The van der Waals surface area contributed by atoms with E-state index >= 15 is 0 Å². The van der Waals surface area contributed by atoms with Crippen molar-refractivity contribution in [3.05, 3.63) is 23.6 Å². The van der Waals surface area contributed by atoms with E-state index in [1.807, 2.05) is 18.7 Å². The van der Waals surface area contributed by atoms with E-state index in [-0.39, 0.29) is 18.0 Å². The first-order chi connectivity index (χ1) is 9.63. The second-order valence-corrected chi connectivity index (χ2v) is 5.43. The van der Waals surface area contributed by atoms with Crippen molar-refractivity contribution in [3.63, 3.8) is 0 Å². The third-order valence-electron chi connectivity index (χ3n) is 3.57. The molecule has 1 aromatic rings. The van der Waals surface area contributed by atoms with Crippen LogP contribution in [-0.2, 0) is 11.3 Å². The van der Waals surface area contributed by atoms with E-state index in [4.69, 9.17) is 4.74 Å². The second-order valence-electron chi connectivity index (χ2n) is 5.43. The lowest BCUT2D eigenvalue weighted by Gasteiger charge is -2.37. The van der Waals surface area contributed by atoms with Crippen LogP contribution in [0.1, 0.15) is 32.8 Å². The summed E-state index contributed by atoms with van der Waals surface area (Å²) in [5.41, 5.74) is 0.676. The third-order valence-corrected chi connectivity index (χ3v) is 3.57. The van der Waals surface area contributed by atoms with Gasteiger partial charge in [0, 0.05) is 24.8 Å². The molecular weight excluding hydrogens is 257 g/mol. The molecule has 1 aromatic heterocycles. The van der Waals surface area contributed by atoms with Gasteiger partial charge in [0.1, 0.15) is 0 Å². The molecule has 0 aromatic carbocycles. The number of nitrogens with one attached hydrogen (secondary N) is 1. The molecule has 0 bridgehead atoms. The van der Waals surface area contributed by atoms with Gasteiger partial charge in [0.15, 0.2) is 11.6 Å². The maximum atomic E-state index is 14.6. The molecule has 5 heteroatoms. The molecule has 1 aliphatic rings. The van der Waals surface area contributed by atoms with Crippen molar-refractivity contribution in [1.82, 2.24) is 10.3 Å². The molecule has 2 heterocycles. The van der Waals surface area contributed by atoms with Crippen LogP contribution in [0.2, 0.25) is 0 Å². The minimum Gasteiger partial charge on any atom is -0.375 e. The van der Waals surface area contributed by atoms with Crippen LogP contribution < -0.4 is 10.2 Å². The first kappa shape index (κ1) is 15.2. The summed E-state index contributed by atoms with van der Waals surface area (Å²) in [6.07, 6.45) is 2.83. The number of rotatable bonds is 5. The molecule has 0 radical (unpaired) electrons. The number of pyridine rings is 1. The lowest BCUT2D eigenvalue weighted by Crippen LogP contribution is -2.48. The van der Waals surface area contributed by atoms with Crippen LogP contribution in [0.15, 0.2) is 12.3 Å². The Hall–Kier alpha value is -1.20. The van der Waals surface area contributed by atoms with Crippen molar-refractivity contribution < 1.29 is 9.13 Å². The smallest absolute Gasteiger partial charge is 0.170 e. The summed E-state index contributed by atoms with van der Waals surface area (Å²) in [4.78, 5) is 6.25. The number of hydrogen-bond donors (Lipinski definition) is 1. The molecule has 0 amide bonds. The van der Waals surface area contributed by atoms with E-state index in [0.717, 1.165) is 13.0 Å². The molecule has 1 aliphatic heterocycles. The molecule has 0 aliphatic carbocycles. The molecule has 20 heavy (non-hydrogen) atoms. The van der Waals surface area contributed by atoms with Crippen molar-refractivity contribution in [2.24, 2.45) is 0 Å². The van der Waals surface area contributed by atoms with Gasteiger partial charge in [-0.1, -0.05) is 6.92 Å². The summed E-state index contributed by atoms with van der Waals surface area (Å²) in [7, 11) is 0. The first-order valence-corrected chi connectivity index (χ1v) is 7.35. The zero-order valence-electron chi connectivity index (χ0n) is 12.5. The quantitative estimate of drug-likeness (QED) is 0.841. The minimum atomic E-state index is -0.211. The van der Waals surface area contributed by atoms with Crippen molar-refractivity contribution in [3.8, 4) is 0 Å². The number of ether oxygens (including phenoxy) is 1. The molecule has 2 rings (SSSR count). The topological polar surface area (TPSA) is 37.4 Å². The highest BCUT2D eigenvalue weighted by atomic mass is 19.1. The van der Waals surface area contributed by atoms with E-state index in [0.29, 0.717) is 31.1 Å². The Bertz CT molecular complexity index is 441. The zero-order chi connectivity index (χ0) is 14.5. The summed E-state index contributed by atoms with van der Waals surface area (Å²) >= 11 is 0. The van der Waals surface area contributed by atoms with Crippen LogP contribution in [0.5, 0.6) is 0 Å². The van der Waals surface area contributed by atoms with Crippen LogP contribution in [0.3, 0.4) is 0 Å². The Morgan fingerprint density at radius 1 is 1.50 bits per heavy atom. The summed E-state index contributed by atoms with van der Waals surface area (Å²) < 4.78 is 20.2. The van der Waals surface area contributed by atoms with Crippen molar-refractivity contribution in [2.45, 2.75) is 45.9 Å². The molecule has 2 unspecified atom stereocenters. The van der Waals surface area contributed by atoms with Crippen molar-refractivity contribution >= 4 is 5.82 Å². The van der Waals surface area contributed by atoms with Crippen LogP contribution in [0.4, 0.5) is 10.2 Å². The first-order valence-electron chi connectivity index (χ1n) is 7.35. The molecule has 4 nitrogen and oxygen atoms in total.